The number of methoxy groups -OCH3 is 1. The zero-order valence-corrected chi connectivity index (χ0v) is 12.3. The Morgan fingerprint density at radius 1 is 1.00 bits per heavy atom. The summed E-state index contributed by atoms with van der Waals surface area (Å²) in [5.41, 5.74) is 2.07. The van der Waals surface area contributed by atoms with Gasteiger partial charge in [0.1, 0.15) is 5.75 Å². The maximum absolute atomic E-state index is 5.64. The highest BCUT2D eigenvalue weighted by Gasteiger charge is 2.07. The number of hydrogen-bond acceptors (Lipinski definition) is 5. The van der Waals surface area contributed by atoms with Crippen LogP contribution in [0.2, 0.25) is 0 Å². The number of rotatable bonds is 6. The van der Waals surface area contributed by atoms with Gasteiger partial charge in [-0.05, 0) is 29.8 Å². The van der Waals surface area contributed by atoms with Gasteiger partial charge in [0.15, 0.2) is 0 Å². The Morgan fingerprint density at radius 2 is 1.86 bits per heavy atom. The molecule has 0 unspecified atom stereocenters. The largest absolute Gasteiger partial charge is 0.497 e. The van der Waals surface area contributed by atoms with Crippen LogP contribution in [0, 0.1) is 0 Å². The van der Waals surface area contributed by atoms with E-state index in [0.717, 1.165) is 16.9 Å². The number of hydrogen-bond donors (Lipinski definition) is 1. The summed E-state index contributed by atoms with van der Waals surface area (Å²) >= 11 is 0. The monoisotopic (exact) mass is 295 g/mol. The molecule has 0 bridgehead atoms. The molecule has 2 aromatic carbocycles. The fourth-order valence-corrected chi connectivity index (χ4v) is 2.12. The van der Waals surface area contributed by atoms with Gasteiger partial charge in [0.25, 0.3) is 0 Å². The van der Waals surface area contributed by atoms with E-state index in [1.807, 2.05) is 54.6 Å². The van der Waals surface area contributed by atoms with E-state index in [1.165, 1.54) is 0 Å². The van der Waals surface area contributed by atoms with Crippen molar-refractivity contribution in [3.8, 4) is 17.2 Å². The topological polar surface area (TPSA) is 60.2 Å². The van der Waals surface area contributed by atoms with E-state index < -0.39 is 0 Å². The van der Waals surface area contributed by atoms with Gasteiger partial charge in [-0.25, -0.2) is 0 Å². The third-order valence-corrected chi connectivity index (χ3v) is 3.23. The molecule has 0 fully saturated rings. The van der Waals surface area contributed by atoms with Gasteiger partial charge >= 0.3 is 0 Å². The van der Waals surface area contributed by atoms with Crippen molar-refractivity contribution in [2.75, 3.05) is 7.11 Å². The molecule has 1 aromatic heterocycles. The van der Waals surface area contributed by atoms with Crippen LogP contribution in [-0.4, -0.2) is 17.3 Å². The maximum atomic E-state index is 5.64. The second kappa shape index (κ2) is 6.87. The molecular formula is C17H17N3O2. The Labute approximate surface area is 129 Å². The van der Waals surface area contributed by atoms with E-state index >= 15 is 0 Å². The van der Waals surface area contributed by atoms with Gasteiger partial charge in [0, 0.05) is 12.1 Å². The summed E-state index contributed by atoms with van der Waals surface area (Å²) in [5.74, 6) is 1.96. The molecule has 0 aliphatic rings. The third kappa shape index (κ3) is 3.51. The molecule has 0 aliphatic heterocycles. The molecule has 0 spiro atoms. The van der Waals surface area contributed by atoms with E-state index in [1.54, 1.807) is 7.11 Å². The Morgan fingerprint density at radius 3 is 2.68 bits per heavy atom. The summed E-state index contributed by atoms with van der Waals surface area (Å²) in [6.07, 6.45) is 0. The molecule has 0 aliphatic carbocycles. The van der Waals surface area contributed by atoms with Crippen molar-refractivity contribution in [3.05, 3.63) is 66.1 Å². The highest BCUT2D eigenvalue weighted by atomic mass is 16.5. The van der Waals surface area contributed by atoms with Crippen LogP contribution in [0.4, 0.5) is 0 Å². The fraction of sp³-hybridized carbons (Fsp3) is 0.176. The molecule has 0 atom stereocenters. The molecule has 1 N–H and O–H groups in total. The van der Waals surface area contributed by atoms with E-state index in [4.69, 9.17) is 9.15 Å². The highest BCUT2D eigenvalue weighted by molar-refractivity contribution is 5.51. The van der Waals surface area contributed by atoms with E-state index in [-0.39, 0.29) is 0 Å². The van der Waals surface area contributed by atoms with Crippen molar-refractivity contribution in [1.29, 1.82) is 0 Å². The summed E-state index contributed by atoms with van der Waals surface area (Å²) in [6.45, 7) is 1.23. The van der Waals surface area contributed by atoms with Crippen LogP contribution in [0.5, 0.6) is 5.75 Å². The van der Waals surface area contributed by atoms with Crippen molar-refractivity contribution in [2.24, 2.45) is 0 Å². The van der Waals surface area contributed by atoms with Crippen LogP contribution in [-0.2, 0) is 13.1 Å². The summed E-state index contributed by atoms with van der Waals surface area (Å²) in [4.78, 5) is 0. The second-order valence-electron chi connectivity index (χ2n) is 4.82. The molecular weight excluding hydrogens is 278 g/mol. The molecule has 3 rings (SSSR count). The summed E-state index contributed by atoms with van der Waals surface area (Å²) < 4.78 is 10.8. The van der Waals surface area contributed by atoms with Gasteiger partial charge in [-0.15, -0.1) is 10.2 Å². The van der Waals surface area contributed by atoms with Crippen molar-refractivity contribution in [1.82, 2.24) is 15.5 Å². The molecule has 0 saturated carbocycles. The maximum Gasteiger partial charge on any atom is 0.247 e. The molecule has 5 nitrogen and oxygen atoms in total. The quantitative estimate of drug-likeness (QED) is 0.757. The summed E-state index contributed by atoms with van der Waals surface area (Å²) in [5, 5.41) is 11.4. The van der Waals surface area contributed by atoms with Crippen molar-refractivity contribution < 1.29 is 9.15 Å². The number of nitrogens with zero attached hydrogens (tertiary/aromatic N) is 2. The Bertz CT molecular complexity index is 726. The highest BCUT2D eigenvalue weighted by Crippen LogP contribution is 2.17. The molecule has 22 heavy (non-hydrogen) atoms. The Balaban J connectivity index is 1.57. The molecule has 1 heterocycles. The Hall–Kier alpha value is -2.66. The van der Waals surface area contributed by atoms with Crippen LogP contribution in [0.3, 0.4) is 0 Å². The number of ether oxygens (including phenoxy) is 1. The van der Waals surface area contributed by atoms with Crippen molar-refractivity contribution in [3.63, 3.8) is 0 Å². The Kier molecular flexibility index (Phi) is 4.46. The number of benzene rings is 2. The average Bonchev–Trinajstić information content (AvgIpc) is 3.05. The van der Waals surface area contributed by atoms with E-state index in [2.05, 4.69) is 15.5 Å². The third-order valence-electron chi connectivity index (χ3n) is 3.23. The van der Waals surface area contributed by atoms with Gasteiger partial charge in [0.05, 0.1) is 13.7 Å². The standard InChI is InChI=1S/C17H17N3O2/c1-21-15-9-5-6-13(10-15)11-18-12-16-19-20-17(22-16)14-7-3-2-4-8-14/h2-10,18H,11-12H2,1H3. The molecule has 0 saturated heterocycles. The van der Waals surface area contributed by atoms with Crippen LogP contribution < -0.4 is 10.1 Å². The second-order valence-corrected chi connectivity index (χ2v) is 4.82. The minimum absolute atomic E-state index is 0.525. The van der Waals surface area contributed by atoms with Crippen molar-refractivity contribution in [2.45, 2.75) is 13.1 Å². The van der Waals surface area contributed by atoms with Crippen LogP contribution in [0.1, 0.15) is 11.5 Å². The van der Waals surface area contributed by atoms with Crippen LogP contribution >= 0.6 is 0 Å². The van der Waals surface area contributed by atoms with Crippen molar-refractivity contribution >= 4 is 0 Å². The van der Waals surface area contributed by atoms with Gasteiger partial charge < -0.3 is 14.5 Å². The summed E-state index contributed by atoms with van der Waals surface area (Å²) in [6, 6.07) is 17.7. The van der Waals surface area contributed by atoms with Crippen LogP contribution in [0.25, 0.3) is 11.5 Å². The van der Waals surface area contributed by atoms with E-state index in [0.29, 0.717) is 24.9 Å². The lowest BCUT2D eigenvalue weighted by molar-refractivity contribution is 0.414. The fourth-order valence-electron chi connectivity index (χ4n) is 2.12. The zero-order valence-electron chi connectivity index (χ0n) is 12.3. The molecule has 5 heteroatoms. The number of nitrogens with one attached hydrogen (secondary N) is 1. The smallest absolute Gasteiger partial charge is 0.247 e. The first-order valence-electron chi connectivity index (χ1n) is 7.06. The van der Waals surface area contributed by atoms with Gasteiger partial charge in [-0.1, -0.05) is 30.3 Å². The predicted molar refractivity (Wildman–Crippen MR) is 83.3 cm³/mol. The number of aromatic nitrogens is 2. The first kappa shape index (κ1) is 14.3. The van der Waals surface area contributed by atoms with E-state index in [9.17, 15) is 0 Å². The lowest BCUT2D eigenvalue weighted by Gasteiger charge is -2.04. The molecule has 0 amide bonds. The zero-order chi connectivity index (χ0) is 15.2. The van der Waals surface area contributed by atoms with Gasteiger partial charge in [-0.3, -0.25) is 0 Å². The first-order valence-corrected chi connectivity index (χ1v) is 7.06. The summed E-state index contributed by atoms with van der Waals surface area (Å²) in [7, 11) is 1.66. The SMILES string of the molecule is COc1cccc(CNCc2nnc(-c3ccccc3)o2)c1. The first-order chi connectivity index (χ1) is 10.8. The minimum atomic E-state index is 0.525. The lowest BCUT2D eigenvalue weighted by Crippen LogP contribution is -2.12. The average molecular weight is 295 g/mol. The van der Waals surface area contributed by atoms with Gasteiger partial charge in [0.2, 0.25) is 11.8 Å². The van der Waals surface area contributed by atoms with Gasteiger partial charge in [-0.2, -0.15) is 0 Å². The molecule has 112 valence electrons. The molecule has 0 radical (unpaired) electrons. The normalized spacial score (nSPS) is 10.6. The predicted octanol–water partition coefficient (Wildman–Crippen LogP) is 3.04. The lowest BCUT2D eigenvalue weighted by atomic mass is 10.2. The molecule has 3 aromatic rings. The minimum Gasteiger partial charge on any atom is -0.497 e. The van der Waals surface area contributed by atoms with Crippen LogP contribution in [0.15, 0.2) is 59.0 Å².